The third-order valence-electron chi connectivity index (χ3n) is 4.06. The molecule has 1 aromatic rings. The molecule has 2 heteroatoms. The Kier molecular flexibility index (Phi) is 4.87. The topological polar surface area (TPSA) is 15.3 Å². The zero-order valence-corrected chi connectivity index (χ0v) is 12.7. The molecule has 1 aliphatic rings. The van der Waals surface area contributed by atoms with E-state index >= 15 is 0 Å². The molecule has 0 aromatic heterocycles. The molecule has 1 saturated carbocycles. The van der Waals surface area contributed by atoms with Gasteiger partial charge in [0.2, 0.25) is 0 Å². The lowest BCUT2D eigenvalue weighted by Crippen LogP contribution is -2.41. The molecule has 2 nitrogen and oxygen atoms in total. The quantitative estimate of drug-likeness (QED) is 0.767. The van der Waals surface area contributed by atoms with Crippen LogP contribution >= 0.6 is 0 Å². The Morgan fingerprint density at radius 3 is 2.53 bits per heavy atom. The predicted molar refractivity (Wildman–Crippen MR) is 83.8 cm³/mol. The maximum Gasteiger partial charge on any atom is 0.0363 e. The van der Waals surface area contributed by atoms with Crippen LogP contribution in [0.3, 0.4) is 0 Å². The third kappa shape index (κ3) is 4.54. The predicted octanol–water partition coefficient (Wildman–Crippen LogP) is 3.68. The van der Waals surface area contributed by atoms with Crippen LogP contribution in [0.5, 0.6) is 0 Å². The van der Waals surface area contributed by atoms with E-state index in [0.29, 0.717) is 5.41 Å². The van der Waals surface area contributed by atoms with E-state index in [9.17, 15) is 0 Å². The molecule has 1 aromatic carbocycles. The van der Waals surface area contributed by atoms with Gasteiger partial charge in [-0.25, -0.2) is 0 Å². The standard InChI is InChI=1S/C17H28N2/c1-4-12-17(2,13-18-15-10-11-15)14-19(3)16-8-6-5-7-9-16/h5-9,15,18H,4,10-14H2,1-3H3. The average Bonchev–Trinajstić information content (AvgIpc) is 3.22. The number of benzene rings is 1. The van der Waals surface area contributed by atoms with Crippen molar-refractivity contribution in [3.63, 3.8) is 0 Å². The van der Waals surface area contributed by atoms with Crippen LogP contribution in [0, 0.1) is 5.41 Å². The zero-order valence-electron chi connectivity index (χ0n) is 12.7. The van der Waals surface area contributed by atoms with E-state index in [0.717, 1.165) is 19.1 Å². The van der Waals surface area contributed by atoms with Crippen molar-refractivity contribution >= 4 is 5.69 Å². The van der Waals surface area contributed by atoms with Crippen molar-refractivity contribution in [2.45, 2.75) is 45.6 Å². The summed E-state index contributed by atoms with van der Waals surface area (Å²) in [7, 11) is 2.21. The summed E-state index contributed by atoms with van der Waals surface area (Å²) in [6, 6.07) is 11.5. The van der Waals surface area contributed by atoms with Crippen LogP contribution in [0.2, 0.25) is 0 Å². The first-order valence-electron chi connectivity index (χ1n) is 7.62. The summed E-state index contributed by atoms with van der Waals surface area (Å²) < 4.78 is 0. The Bertz CT molecular complexity index is 372. The molecule has 1 unspecified atom stereocenters. The molecular formula is C17H28N2. The molecule has 0 heterocycles. The molecule has 1 N–H and O–H groups in total. The molecular weight excluding hydrogens is 232 g/mol. The molecule has 0 radical (unpaired) electrons. The molecule has 1 aliphatic carbocycles. The smallest absolute Gasteiger partial charge is 0.0363 e. The Morgan fingerprint density at radius 2 is 1.95 bits per heavy atom. The molecule has 0 aliphatic heterocycles. The minimum atomic E-state index is 0.363. The van der Waals surface area contributed by atoms with Crippen LogP contribution in [-0.4, -0.2) is 26.2 Å². The SMILES string of the molecule is CCCC(C)(CNC1CC1)CN(C)c1ccccc1. The van der Waals surface area contributed by atoms with Gasteiger partial charge < -0.3 is 10.2 Å². The number of hydrogen-bond donors (Lipinski definition) is 1. The van der Waals surface area contributed by atoms with E-state index in [1.807, 2.05) is 0 Å². The van der Waals surface area contributed by atoms with E-state index in [1.165, 1.54) is 31.4 Å². The first kappa shape index (κ1) is 14.4. The number of rotatable bonds is 8. The van der Waals surface area contributed by atoms with Crippen molar-refractivity contribution < 1.29 is 0 Å². The molecule has 19 heavy (non-hydrogen) atoms. The van der Waals surface area contributed by atoms with Gasteiger partial charge >= 0.3 is 0 Å². The van der Waals surface area contributed by atoms with Gasteiger partial charge in [-0.2, -0.15) is 0 Å². The number of nitrogens with zero attached hydrogens (tertiary/aromatic N) is 1. The highest BCUT2D eigenvalue weighted by Gasteiger charge is 2.29. The van der Waals surface area contributed by atoms with Gasteiger partial charge in [0.15, 0.2) is 0 Å². The summed E-state index contributed by atoms with van der Waals surface area (Å²) in [5.41, 5.74) is 1.68. The first-order chi connectivity index (χ1) is 9.13. The van der Waals surface area contributed by atoms with Gasteiger partial charge in [0.1, 0.15) is 0 Å². The van der Waals surface area contributed by atoms with Crippen molar-refractivity contribution in [2.75, 3.05) is 25.0 Å². The van der Waals surface area contributed by atoms with E-state index in [-0.39, 0.29) is 0 Å². The van der Waals surface area contributed by atoms with Crippen LogP contribution in [-0.2, 0) is 0 Å². The molecule has 106 valence electrons. The Balaban J connectivity index is 1.93. The molecule has 1 fully saturated rings. The lowest BCUT2D eigenvalue weighted by Gasteiger charge is -2.35. The fraction of sp³-hybridized carbons (Fsp3) is 0.647. The fourth-order valence-corrected chi connectivity index (χ4v) is 2.85. The second kappa shape index (κ2) is 6.42. The number of nitrogens with one attached hydrogen (secondary N) is 1. The van der Waals surface area contributed by atoms with E-state index in [1.54, 1.807) is 0 Å². The van der Waals surface area contributed by atoms with Crippen LogP contribution < -0.4 is 10.2 Å². The average molecular weight is 260 g/mol. The molecule has 0 spiro atoms. The van der Waals surface area contributed by atoms with Gasteiger partial charge in [-0.15, -0.1) is 0 Å². The number of para-hydroxylation sites is 1. The highest BCUT2D eigenvalue weighted by molar-refractivity contribution is 5.45. The summed E-state index contributed by atoms with van der Waals surface area (Å²) in [5.74, 6) is 0. The number of hydrogen-bond acceptors (Lipinski definition) is 2. The number of anilines is 1. The Labute approximate surface area is 118 Å². The Morgan fingerprint density at radius 1 is 1.26 bits per heavy atom. The normalized spacial score (nSPS) is 18.1. The summed E-state index contributed by atoms with van der Waals surface area (Å²) >= 11 is 0. The van der Waals surface area contributed by atoms with Crippen molar-refractivity contribution in [1.82, 2.24) is 5.32 Å². The van der Waals surface area contributed by atoms with E-state index in [4.69, 9.17) is 0 Å². The second-order valence-electron chi connectivity index (χ2n) is 6.41. The van der Waals surface area contributed by atoms with Crippen molar-refractivity contribution in [3.8, 4) is 0 Å². The summed E-state index contributed by atoms with van der Waals surface area (Å²) in [6.45, 7) is 6.97. The largest absolute Gasteiger partial charge is 0.374 e. The van der Waals surface area contributed by atoms with Crippen LogP contribution in [0.25, 0.3) is 0 Å². The summed E-state index contributed by atoms with van der Waals surface area (Å²) in [6.07, 6.45) is 5.28. The van der Waals surface area contributed by atoms with Crippen molar-refractivity contribution in [3.05, 3.63) is 30.3 Å². The molecule has 0 amide bonds. The fourth-order valence-electron chi connectivity index (χ4n) is 2.85. The first-order valence-corrected chi connectivity index (χ1v) is 7.62. The maximum atomic E-state index is 3.71. The highest BCUT2D eigenvalue weighted by atomic mass is 15.1. The summed E-state index contributed by atoms with van der Waals surface area (Å²) in [5, 5.41) is 3.71. The highest BCUT2D eigenvalue weighted by Crippen LogP contribution is 2.28. The minimum absolute atomic E-state index is 0.363. The second-order valence-corrected chi connectivity index (χ2v) is 6.41. The van der Waals surface area contributed by atoms with Crippen LogP contribution in [0.15, 0.2) is 30.3 Å². The third-order valence-corrected chi connectivity index (χ3v) is 4.06. The Hall–Kier alpha value is -1.02. The maximum absolute atomic E-state index is 3.71. The van der Waals surface area contributed by atoms with Gasteiger partial charge in [0.25, 0.3) is 0 Å². The minimum Gasteiger partial charge on any atom is -0.374 e. The van der Waals surface area contributed by atoms with Gasteiger partial charge in [0, 0.05) is 31.9 Å². The molecule has 2 rings (SSSR count). The van der Waals surface area contributed by atoms with Gasteiger partial charge in [0.05, 0.1) is 0 Å². The lowest BCUT2D eigenvalue weighted by molar-refractivity contribution is 0.283. The van der Waals surface area contributed by atoms with E-state index in [2.05, 4.69) is 61.4 Å². The monoisotopic (exact) mass is 260 g/mol. The summed E-state index contributed by atoms with van der Waals surface area (Å²) in [4.78, 5) is 2.39. The zero-order chi connectivity index (χ0) is 13.7. The van der Waals surface area contributed by atoms with Crippen LogP contribution in [0.4, 0.5) is 5.69 Å². The molecule has 0 saturated heterocycles. The van der Waals surface area contributed by atoms with Gasteiger partial charge in [-0.1, -0.05) is 38.5 Å². The van der Waals surface area contributed by atoms with Gasteiger partial charge in [-0.3, -0.25) is 0 Å². The van der Waals surface area contributed by atoms with E-state index < -0.39 is 0 Å². The van der Waals surface area contributed by atoms with Crippen molar-refractivity contribution in [2.24, 2.45) is 5.41 Å². The van der Waals surface area contributed by atoms with Crippen LogP contribution in [0.1, 0.15) is 39.5 Å². The molecule has 1 atom stereocenters. The van der Waals surface area contributed by atoms with Gasteiger partial charge in [-0.05, 0) is 36.8 Å². The van der Waals surface area contributed by atoms with Crippen molar-refractivity contribution in [1.29, 1.82) is 0 Å². The lowest BCUT2D eigenvalue weighted by atomic mass is 9.84. The molecule has 0 bridgehead atoms.